The molecular weight excluding hydrogens is 160 g/mol. The Morgan fingerprint density at radius 2 is 1.80 bits per heavy atom. The molecular formula is C4H6O5S. The maximum Gasteiger partial charge on any atom is 0.346 e. The van der Waals surface area contributed by atoms with E-state index < -0.39 is 23.3 Å². The lowest BCUT2D eigenvalue weighted by Gasteiger charge is -2.12. The van der Waals surface area contributed by atoms with E-state index in [1.807, 2.05) is 0 Å². The summed E-state index contributed by atoms with van der Waals surface area (Å²) in [6, 6.07) is 0. The smallest absolute Gasteiger partial charge is 0.346 e. The van der Waals surface area contributed by atoms with E-state index in [1.165, 1.54) is 0 Å². The molecule has 0 saturated heterocycles. The van der Waals surface area contributed by atoms with Gasteiger partial charge in [-0.3, -0.25) is 4.79 Å². The van der Waals surface area contributed by atoms with Crippen molar-refractivity contribution in [1.29, 1.82) is 0 Å². The van der Waals surface area contributed by atoms with Crippen molar-refractivity contribution in [2.75, 3.05) is 0 Å². The lowest BCUT2D eigenvalue weighted by Crippen LogP contribution is -2.34. The van der Waals surface area contributed by atoms with Crippen LogP contribution in [0, 0.1) is 0 Å². The Bertz CT molecular complexity index is 163. The first-order valence-electron chi connectivity index (χ1n) is 2.26. The molecule has 0 rings (SSSR count). The highest BCUT2D eigenvalue weighted by atomic mass is 32.1. The summed E-state index contributed by atoms with van der Waals surface area (Å²) in [5, 5.41) is 24.8. The van der Waals surface area contributed by atoms with E-state index in [4.69, 9.17) is 15.3 Å². The largest absolute Gasteiger partial charge is 0.481 e. The Morgan fingerprint density at radius 1 is 1.40 bits per heavy atom. The summed E-state index contributed by atoms with van der Waals surface area (Å²) in [6.07, 6.45) is -0.925. The van der Waals surface area contributed by atoms with Gasteiger partial charge in [0.2, 0.25) is 4.93 Å². The molecule has 0 heterocycles. The fourth-order valence-electron chi connectivity index (χ4n) is 0.286. The molecule has 0 spiro atoms. The second-order valence-electron chi connectivity index (χ2n) is 1.69. The van der Waals surface area contributed by atoms with E-state index in [2.05, 4.69) is 12.6 Å². The quantitative estimate of drug-likeness (QED) is 0.324. The number of hydrogen-bond donors (Lipinski definition) is 4. The number of aliphatic hydroxyl groups is 1. The van der Waals surface area contributed by atoms with Gasteiger partial charge in [-0.15, -0.1) is 12.6 Å². The molecule has 10 heavy (non-hydrogen) atoms. The van der Waals surface area contributed by atoms with Crippen LogP contribution < -0.4 is 0 Å². The van der Waals surface area contributed by atoms with Crippen molar-refractivity contribution in [2.24, 2.45) is 0 Å². The molecule has 3 N–H and O–H groups in total. The van der Waals surface area contributed by atoms with Crippen LogP contribution in [-0.4, -0.2) is 32.2 Å². The van der Waals surface area contributed by atoms with Gasteiger partial charge < -0.3 is 15.3 Å². The minimum absolute atomic E-state index is 0.925. The van der Waals surface area contributed by atoms with Gasteiger partial charge in [-0.1, -0.05) is 0 Å². The molecule has 0 fully saturated rings. The van der Waals surface area contributed by atoms with Crippen LogP contribution in [0.5, 0.6) is 0 Å². The van der Waals surface area contributed by atoms with Gasteiger partial charge in [-0.05, 0) is 0 Å². The van der Waals surface area contributed by atoms with Crippen LogP contribution in [-0.2, 0) is 9.59 Å². The van der Waals surface area contributed by atoms with Gasteiger partial charge in [0.1, 0.15) is 0 Å². The molecule has 1 atom stereocenters. The Balaban J connectivity index is 4.13. The fourth-order valence-corrected chi connectivity index (χ4v) is 0.422. The van der Waals surface area contributed by atoms with Crippen molar-refractivity contribution < 1.29 is 24.9 Å². The molecule has 58 valence electrons. The van der Waals surface area contributed by atoms with Gasteiger partial charge in [-0.2, -0.15) is 0 Å². The Morgan fingerprint density at radius 3 is 1.90 bits per heavy atom. The standard InChI is InChI=1S/C4H6O5S/c5-2(6)1-4(9,10)3(7)8/h9-10H,1H2,(H,5,6)(H,7,8). The van der Waals surface area contributed by atoms with Gasteiger partial charge in [-0.25, -0.2) is 4.79 Å². The van der Waals surface area contributed by atoms with Crippen LogP contribution in [0.3, 0.4) is 0 Å². The third-order valence-corrected chi connectivity index (χ3v) is 1.09. The van der Waals surface area contributed by atoms with Crippen molar-refractivity contribution in [3.05, 3.63) is 0 Å². The first kappa shape index (κ1) is 9.25. The third kappa shape index (κ3) is 2.70. The summed E-state index contributed by atoms with van der Waals surface area (Å²) < 4.78 is 0. The number of carbonyl (C=O) groups is 2. The molecule has 0 aliphatic rings. The predicted molar refractivity (Wildman–Crippen MR) is 33.8 cm³/mol. The minimum Gasteiger partial charge on any atom is -0.481 e. The van der Waals surface area contributed by atoms with E-state index in [-0.39, 0.29) is 0 Å². The summed E-state index contributed by atoms with van der Waals surface area (Å²) in [5.74, 6) is -3.09. The summed E-state index contributed by atoms with van der Waals surface area (Å²) >= 11 is 3.20. The fraction of sp³-hybridized carbons (Fsp3) is 0.500. The monoisotopic (exact) mass is 166 g/mol. The van der Waals surface area contributed by atoms with Gasteiger partial charge >= 0.3 is 11.9 Å². The highest BCUT2D eigenvalue weighted by Crippen LogP contribution is 2.14. The van der Waals surface area contributed by atoms with Gasteiger partial charge in [0, 0.05) is 0 Å². The summed E-state index contributed by atoms with van der Waals surface area (Å²) in [7, 11) is 0. The van der Waals surface area contributed by atoms with E-state index >= 15 is 0 Å². The zero-order valence-electron chi connectivity index (χ0n) is 4.81. The van der Waals surface area contributed by atoms with Crippen molar-refractivity contribution in [3.63, 3.8) is 0 Å². The summed E-state index contributed by atoms with van der Waals surface area (Å²) in [6.45, 7) is 0. The topological polar surface area (TPSA) is 94.8 Å². The van der Waals surface area contributed by atoms with E-state index in [0.29, 0.717) is 0 Å². The van der Waals surface area contributed by atoms with Crippen LogP contribution in [0.4, 0.5) is 0 Å². The molecule has 5 nitrogen and oxygen atoms in total. The maximum absolute atomic E-state index is 9.97. The van der Waals surface area contributed by atoms with Crippen molar-refractivity contribution in [2.45, 2.75) is 11.4 Å². The SMILES string of the molecule is O=C(O)CC(O)(S)C(=O)O. The van der Waals surface area contributed by atoms with E-state index in [1.54, 1.807) is 0 Å². The maximum atomic E-state index is 9.97. The van der Waals surface area contributed by atoms with E-state index in [9.17, 15) is 9.59 Å². The van der Waals surface area contributed by atoms with Gasteiger partial charge in [0.25, 0.3) is 0 Å². The molecule has 0 radical (unpaired) electrons. The second-order valence-corrected chi connectivity index (χ2v) is 2.43. The number of rotatable bonds is 3. The molecule has 6 heteroatoms. The lowest BCUT2D eigenvalue weighted by atomic mass is 10.2. The normalized spacial score (nSPS) is 15.8. The van der Waals surface area contributed by atoms with Crippen molar-refractivity contribution >= 4 is 24.6 Å². The van der Waals surface area contributed by atoms with Crippen molar-refractivity contribution in [3.8, 4) is 0 Å². The molecule has 0 aliphatic heterocycles. The average molecular weight is 166 g/mol. The molecule has 0 amide bonds. The Hall–Kier alpha value is -0.750. The summed E-state index contributed by atoms with van der Waals surface area (Å²) in [5.41, 5.74) is 0. The number of hydrogen-bond acceptors (Lipinski definition) is 4. The minimum atomic E-state index is -2.47. The van der Waals surface area contributed by atoms with Crippen LogP contribution in [0.15, 0.2) is 0 Å². The second kappa shape index (κ2) is 2.89. The number of carboxylic acids is 2. The zero-order valence-corrected chi connectivity index (χ0v) is 5.71. The molecule has 1 unspecified atom stereocenters. The van der Waals surface area contributed by atoms with Crippen LogP contribution in [0.2, 0.25) is 0 Å². The zero-order chi connectivity index (χ0) is 8.36. The number of carboxylic acid groups (broad SMARTS) is 2. The molecule has 0 aromatic heterocycles. The van der Waals surface area contributed by atoms with Crippen molar-refractivity contribution in [1.82, 2.24) is 0 Å². The van der Waals surface area contributed by atoms with Gasteiger partial charge in [0.05, 0.1) is 6.42 Å². The molecule has 0 aliphatic carbocycles. The Labute approximate surface area is 61.7 Å². The Kier molecular flexibility index (Phi) is 2.67. The molecule has 0 aromatic rings. The first-order valence-corrected chi connectivity index (χ1v) is 2.71. The number of thiol groups is 1. The third-order valence-electron chi connectivity index (χ3n) is 0.740. The molecule has 0 saturated carbocycles. The lowest BCUT2D eigenvalue weighted by molar-refractivity contribution is -0.155. The number of aliphatic carboxylic acids is 2. The van der Waals surface area contributed by atoms with Gasteiger partial charge in [0.15, 0.2) is 0 Å². The van der Waals surface area contributed by atoms with Crippen LogP contribution >= 0.6 is 12.6 Å². The van der Waals surface area contributed by atoms with Crippen LogP contribution in [0.25, 0.3) is 0 Å². The predicted octanol–water partition coefficient (Wildman–Crippen LogP) is -0.836. The van der Waals surface area contributed by atoms with Crippen LogP contribution in [0.1, 0.15) is 6.42 Å². The first-order chi connectivity index (χ1) is 4.36. The highest BCUT2D eigenvalue weighted by molar-refractivity contribution is 7.82. The highest BCUT2D eigenvalue weighted by Gasteiger charge is 2.33. The summed E-state index contributed by atoms with van der Waals surface area (Å²) in [4.78, 5) is 17.3. The average Bonchev–Trinajstić information content (AvgIpc) is 1.60. The molecule has 0 bridgehead atoms. The van der Waals surface area contributed by atoms with E-state index in [0.717, 1.165) is 0 Å². The molecule has 0 aromatic carbocycles.